The molecule has 0 aliphatic heterocycles. The van der Waals surface area contributed by atoms with Crippen molar-refractivity contribution in [2.24, 2.45) is 0 Å². The van der Waals surface area contributed by atoms with Crippen molar-refractivity contribution in [1.82, 2.24) is 10.3 Å². The van der Waals surface area contributed by atoms with Gasteiger partial charge in [0.15, 0.2) is 0 Å². The number of methoxy groups -OCH3 is 1. The number of hydrogen-bond donors (Lipinski definition) is 2. The van der Waals surface area contributed by atoms with E-state index in [4.69, 9.17) is 4.74 Å². The molecule has 1 aromatic heterocycles. The zero-order valence-corrected chi connectivity index (χ0v) is 9.13. The maximum absolute atomic E-state index is 5.18. The van der Waals surface area contributed by atoms with Gasteiger partial charge in [-0.25, -0.2) is 0 Å². The van der Waals surface area contributed by atoms with Crippen LogP contribution >= 0.6 is 0 Å². The quantitative estimate of drug-likeness (QED) is 0.801. The van der Waals surface area contributed by atoms with Gasteiger partial charge in [-0.2, -0.15) is 0 Å². The molecule has 3 nitrogen and oxygen atoms in total. The number of nitrogens with one attached hydrogen (secondary N) is 2. The maximum Gasteiger partial charge on any atom is 0.119 e. The molecule has 1 heterocycles. The Morgan fingerprint density at radius 2 is 2.20 bits per heavy atom. The Balaban J connectivity index is 2.29. The number of H-pyrrole nitrogens is 1. The molecule has 1 aromatic carbocycles. The Labute approximate surface area is 89.4 Å². The zero-order valence-electron chi connectivity index (χ0n) is 9.13. The van der Waals surface area contributed by atoms with E-state index in [2.05, 4.69) is 23.3 Å². The van der Waals surface area contributed by atoms with Crippen molar-refractivity contribution in [2.75, 3.05) is 13.7 Å². The first kappa shape index (κ1) is 10.1. The molecule has 0 aliphatic rings. The van der Waals surface area contributed by atoms with Crippen molar-refractivity contribution in [3.05, 3.63) is 30.0 Å². The van der Waals surface area contributed by atoms with Crippen LogP contribution in [0, 0.1) is 0 Å². The highest BCUT2D eigenvalue weighted by Gasteiger charge is 2.01. The van der Waals surface area contributed by atoms with Gasteiger partial charge in [0.25, 0.3) is 0 Å². The molecule has 0 amide bonds. The fourth-order valence-electron chi connectivity index (χ4n) is 1.65. The van der Waals surface area contributed by atoms with Gasteiger partial charge in [-0.1, -0.05) is 6.92 Å². The van der Waals surface area contributed by atoms with E-state index >= 15 is 0 Å². The fourth-order valence-corrected chi connectivity index (χ4v) is 1.65. The third-order valence-electron chi connectivity index (χ3n) is 2.45. The predicted molar refractivity (Wildman–Crippen MR) is 62.2 cm³/mol. The van der Waals surface area contributed by atoms with E-state index in [9.17, 15) is 0 Å². The van der Waals surface area contributed by atoms with Crippen LogP contribution in [0.4, 0.5) is 0 Å². The fraction of sp³-hybridized carbons (Fsp3) is 0.333. The number of aromatic amines is 1. The summed E-state index contributed by atoms with van der Waals surface area (Å²) < 4.78 is 5.18. The van der Waals surface area contributed by atoms with Crippen LogP contribution in [0.15, 0.2) is 24.3 Å². The zero-order chi connectivity index (χ0) is 10.7. The van der Waals surface area contributed by atoms with Crippen molar-refractivity contribution in [1.29, 1.82) is 0 Å². The molecule has 2 N–H and O–H groups in total. The first-order chi connectivity index (χ1) is 7.33. The average Bonchev–Trinajstić information content (AvgIpc) is 2.67. The van der Waals surface area contributed by atoms with Crippen molar-refractivity contribution in [3.63, 3.8) is 0 Å². The van der Waals surface area contributed by atoms with Gasteiger partial charge in [0, 0.05) is 23.1 Å². The minimum atomic E-state index is 0.882. The summed E-state index contributed by atoms with van der Waals surface area (Å²) in [5, 5.41) is 4.49. The van der Waals surface area contributed by atoms with Crippen LogP contribution in [0.1, 0.15) is 12.6 Å². The molecule has 0 radical (unpaired) electrons. The van der Waals surface area contributed by atoms with Crippen LogP contribution in [0.5, 0.6) is 5.75 Å². The molecule has 0 aliphatic carbocycles. The van der Waals surface area contributed by atoms with Gasteiger partial charge in [0.2, 0.25) is 0 Å². The lowest BCUT2D eigenvalue weighted by molar-refractivity contribution is 0.415. The third kappa shape index (κ3) is 2.13. The first-order valence-electron chi connectivity index (χ1n) is 5.20. The van der Waals surface area contributed by atoms with E-state index in [1.54, 1.807) is 7.11 Å². The van der Waals surface area contributed by atoms with Crippen LogP contribution < -0.4 is 10.1 Å². The van der Waals surface area contributed by atoms with Crippen molar-refractivity contribution >= 4 is 10.9 Å². The highest BCUT2D eigenvalue weighted by molar-refractivity contribution is 5.81. The van der Waals surface area contributed by atoms with Crippen molar-refractivity contribution in [2.45, 2.75) is 13.5 Å². The van der Waals surface area contributed by atoms with Gasteiger partial charge < -0.3 is 15.0 Å². The van der Waals surface area contributed by atoms with Gasteiger partial charge >= 0.3 is 0 Å². The maximum atomic E-state index is 5.18. The van der Waals surface area contributed by atoms with Crippen LogP contribution in [0.2, 0.25) is 0 Å². The molecule has 0 fully saturated rings. The predicted octanol–water partition coefficient (Wildman–Crippen LogP) is 2.29. The number of fused-ring (bicyclic) bond motifs is 1. The summed E-state index contributed by atoms with van der Waals surface area (Å²) in [6.45, 7) is 3.97. The second-order valence-corrected chi connectivity index (χ2v) is 3.53. The Hall–Kier alpha value is -1.48. The average molecular weight is 204 g/mol. The second-order valence-electron chi connectivity index (χ2n) is 3.53. The Morgan fingerprint density at radius 3 is 2.93 bits per heavy atom. The van der Waals surface area contributed by atoms with Gasteiger partial charge in [-0.3, -0.25) is 0 Å². The Morgan fingerprint density at radius 1 is 1.33 bits per heavy atom. The summed E-state index contributed by atoms with van der Waals surface area (Å²) in [5.41, 5.74) is 2.36. The molecule has 0 spiro atoms. The molecule has 3 heteroatoms. The van der Waals surface area contributed by atoms with Gasteiger partial charge in [0.05, 0.1) is 7.11 Å². The monoisotopic (exact) mass is 204 g/mol. The highest BCUT2D eigenvalue weighted by Crippen LogP contribution is 2.21. The normalized spacial score (nSPS) is 10.8. The lowest BCUT2D eigenvalue weighted by Crippen LogP contribution is -2.11. The molecule has 15 heavy (non-hydrogen) atoms. The lowest BCUT2D eigenvalue weighted by Gasteiger charge is -1.97. The number of hydrogen-bond acceptors (Lipinski definition) is 2. The standard InChI is InChI=1S/C12H16N2O/c1-3-13-8-10-6-9-7-11(15-2)4-5-12(9)14-10/h4-7,13-14H,3,8H2,1-2H3. The molecule has 0 atom stereocenters. The molecule has 0 saturated heterocycles. The van der Waals surface area contributed by atoms with E-state index in [0.717, 1.165) is 24.4 Å². The topological polar surface area (TPSA) is 37.0 Å². The summed E-state index contributed by atoms with van der Waals surface area (Å²) in [7, 11) is 1.69. The van der Waals surface area contributed by atoms with Crippen molar-refractivity contribution in [3.8, 4) is 5.75 Å². The van der Waals surface area contributed by atoms with Crippen LogP contribution in [0.25, 0.3) is 10.9 Å². The lowest BCUT2D eigenvalue weighted by atomic mass is 10.2. The minimum Gasteiger partial charge on any atom is -0.497 e. The Bertz CT molecular complexity index is 448. The van der Waals surface area contributed by atoms with Crippen molar-refractivity contribution < 1.29 is 4.74 Å². The Kier molecular flexibility index (Phi) is 2.92. The molecule has 80 valence electrons. The molecular formula is C12H16N2O. The van der Waals surface area contributed by atoms with E-state index in [-0.39, 0.29) is 0 Å². The molecule has 2 aromatic rings. The van der Waals surface area contributed by atoms with Crippen LogP contribution in [0.3, 0.4) is 0 Å². The van der Waals surface area contributed by atoms with E-state index in [1.807, 2.05) is 18.2 Å². The van der Waals surface area contributed by atoms with E-state index in [0.29, 0.717) is 0 Å². The summed E-state index contributed by atoms with van der Waals surface area (Å²) >= 11 is 0. The second kappa shape index (κ2) is 4.36. The molecular weight excluding hydrogens is 188 g/mol. The summed E-state index contributed by atoms with van der Waals surface area (Å²) in [5.74, 6) is 0.900. The minimum absolute atomic E-state index is 0.882. The highest BCUT2D eigenvalue weighted by atomic mass is 16.5. The van der Waals surface area contributed by atoms with Crippen LogP contribution in [-0.2, 0) is 6.54 Å². The summed E-state index contributed by atoms with van der Waals surface area (Å²) in [6.07, 6.45) is 0. The number of ether oxygens (including phenoxy) is 1. The van der Waals surface area contributed by atoms with E-state index in [1.165, 1.54) is 11.1 Å². The van der Waals surface area contributed by atoms with Gasteiger partial charge in [0.1, 0.15) is 5.75 Å². The van der Waals surface area contributed by atoms with Gasteiger partial charge in [-0.05, 0) is 30.8 Å². The summed E-state index contributed by atoms with van der Waals surface area (Å²) in [6, 6.07) is 8.21. The molecule has 0 unspecified atom stereocenters. The smallest absolute Gasteiger partial charge is 0.119 e. The number of aromatic nitrogens is 1. The molecule has 2 rings (SSSR count). The van der Waals surface area contributed by atoms with E-state index < -0.39 is 0 Å². The third-order valence-corrected chi connectivity index (χ3v) is 2.45. The number of rotatable bonds is 4. The number of benzene rings is 1. The first-order valence-corrected chi connectivity index (χ1v) is 5.20. The molecule has 0 bridgehead atoms. The van der Waals surface area contributed by atoms with Crippen LogP contribution in [-0.4, -0.2) is 18.6 Å². The molecule has 0 saturated carbocycles. The SMILES string of the molecule is CCNCc1cc2cc(OC)ccc2[nH]1. The summed E-state index contributed by atoms with van der Waals surface area (Å²) in [4.78, 5) is 3.36. The van der Waals surface area contributed by atoms with Gasteiger partial charge in [-0.15, -0.1) is 0 Å². The largest absolute Gasteiger partial charge is 0.497 e.